The molecular weight excluding hydrogens is 350 g/mol. The largest absolute Gasteiger partial charge is 0.342 e. The minimum Gasteiger partial charge on any atom is -0.342 e. The maximum absolute atomic E-state index is 12.9. The van der Waals surface area contributed by atoms with Gasteiger partial charge < -0.3 is 4.90 Å². The molecule has 134 valence electrons. The number of carbonyl (C=O) groups excluding carboxylic acids is 1. The first-order chi connectivity index (χ1) is 12.1. The molecule has 4 rings (SSSR count). The van der Waals surface area contributed by atoms with Crippen LogP contribution in [0.4, 0.5) is 0 Å². The van der Waals surface area contributed by atoms with Crippen LogP contribution in [0.25, 0.3) is 10.2 Å². The van der Waals surface area contributed by atoms with Gasteiger partial charge in [0.25, 0.3) is 0 Å². The zero-order chi connectivity index (χ0) is 17.4. The second kappa shape index (κ2) is 7.23. The Hall–Kier alpha value is -1.14. The summed E-state index contributed by atoms with van der Waals surface area (Å²) in [6, 6.07) is 0. The van der Waals surface area contributed by atoms with E-state index in [9.17, 15) is 4.79 Å². The number of aryl methyl sites for hydroxylation is 3. The number of aromatic nitrogens is 2. The van der Waals surface area contributed by atoms with Crippen LogP contribution in [0.3, 0.4) is 0 Å². The summed E-state index contributed by atoms with van der Waals surface area (Å²) in [4.78, 5) is 26.9. The summed E-state index contributed by atoms with van der Waals surface area (Å²) in [6.07, 6.45) is 8.30. The summed E-state index contributed by atoms with van der Waals surface area (Å²) >= 11 is 3.45. The van der Waals surface area contributed by atoms with Gasteiger partial charge in [-0.15, -0.1) is 11.3 Å². The van der Waals surface area contributed by atoms with Crippen LogP contribution in [-0.4, -0.2) is 39.1 Å². The Labute approximate surface area is 157 Å². The van der Waals surface area contributed by atoms with E-state index >= 15 is 0 Å². The topological polar surface area (TPSA) is 46.1 Å². The van der Waals surface area contributed by atoms with Crippen molar-refractivity contribution in [2.75, 3.05) is 13.1 Å². The van der Waals surface area contributed by atoms with Crippen molar-refractivity contribution in [3.8, 4) is 0 Å². The van der Waals surface area contributed by atoms with Crippen LogP contribution in [0.2, 0.25) is 0 Å². The summed E-state index contributed by atoms with van der Waals surface area (Å²) in [5.41, 5.74) is 1.44. The molecule has 25 heavy (non-hydrogen) atoms. The van der Waals surface area contributed by atoms with E-state index in [0.29, 0.717) is 0 Å². The third-order valence-corrected chi connectivity index (χ3v) is 7.46. The Balaban J connectivity index is 1.60. The molecule has 1 aliphatic carbocycles. The van der Waals surface area contributed by atoms with Crippen LogP contribution in [0.5, 0.6) is 0 Å². The van der Waals surface area contributed by atoms with Crippen LogP contribution < -0.4 is 0 Å². The van der Waals surface area contributed by atoms with Crippen molar-refractivity contribution in [1.29, 1.82) is 0 Å². The summed E-state index contributed by atoms with van der Waals surface area (Å²) < 4.78 is 0. The lowest BCUT2D eigenvalue weighted by Gasteiger charge is -2.23. The molecule has 0 radical (unpaired) electrons. The van der Waals surface area contributed by atoms with Crippen molar-refractivity contribution in [2.45, 2.75) is 69.1 Å². The van der Waals surface area contributed by atoms with Crippen molar-refractivity contribution in [2.24, 2.45) is 0 Å². The van der Waals surface area contributed by atoms with Gasteiger partial charge in [-0.25, -0.2) is 9.97 Å². The molecule has 2 aromatic heterocycles. The predicted molar refractivity (Wildman–Crippen MR) is 105 cm³/mol. The van der Waals surface area contributed by atoms with E-state index in [2.05, 4.69) is 9.88 Å². The zero-order valence-electron chi connectivity index (χ0n) is 15.0. The van der Waals surface area contributed by atoms with Crippen LogP contribution >= 0.6 is 23.1 Å². The van der Waals surface area contributed by atoms with Crippen LogP contribution in [-0.2, 0) is 17.6 Å². The van der Waals surface area contributed by atoms with Gasteiger partial charge >= 0.3 is 0 Å². The predicted octanol–water partition coefficient (Wildman–Crippen LogP) is 4.37. The first kappa shape index (κ1) is 17.3. The first-order valence-electron chi connectivity index (χ1n) is 9.38. The van der Waals surface area contributed by atoms with Crippen molar-refractivity contribution >= 4 is 39.2 Å². The summed E-state index contributed by atoms with van der Waals surface area (Å²) in [7, 11) is 0. The van der Waals surface area contributed by atoms with Crippen molar-refractivity contribution in [3.63, 3.8) is 0 Å². The van der Waals surface area contributed by atoms with Crippen molar-refractivity contribution in [1.82, 2.24) is 14.9 Å². The smallest absolute Gasteiger partial charge is 0.235 e. The summed E-state index contributed by atoms with van der Waals surface area (Å²) in [5, 5.41) is 2.15. The SMILES string of the molecule is Cc1nc(S[C@@H](C)C(=O)N2CCCCCC2)c2c3c(sc2n1)CCC3. The van der Waals surface area contributed by atoms with E-state index in [4.69, 9.17) is 4.98 Å². The second-order valence-corrected chi connectivity index (χ2v) is 9.53. The van der Waals surface area contributed by atoms with Gasteiger partial charge in [-0.3, -0.25) is 4.79 Å². The average Bonchev–Trinajstić information content (AvgIpc) is 3.04. The van der Waals surface area contributed by atoms with Crippen LogP contribution in [0, 0.1) is 6.92 Å². The van der Waals surface area contributed by atoms with E-state index in [1.807, 2.05) is 25.2 Å². The quantitative estimate of drug-likeness (QED) is 0.590. The molecule has 1 fully saturated rings. The number of hydrogen-bond acceptors (Lipinski definition) is 5. The lowest BCUT2D eigenvalue weighted by molar-refractivity contribution is -0.130. The van der Waals surface area contributed by atoms with Crippen molar-refractivity contribution in [3.05, 3.63) is 16.3 Å². The minimum absolute atomic E-state index is 0.0902. The molecule has 6 heteroatoms. The Kier molecular flexibility index (Phi) is 5.00. The highest BCUT2D eigenvalue weighted by molar-refractivity contribution is 8.00. The molecule has 1 saturated heterocycles. The molecule has 1 amide bonds. The highest BCUT2D eigenvalue weighted by atomic mass is 32.2. The number of carbonyl (C=O) groups is 1. The van der Waals surface area contributed by atoms with Gasteiger partial charge in [0.05, 0.1) is 5.25 Å². The first-order valence-corrected chi connectivity index (χ1v) is 11.1. The van der Waals surface area contributed by atoms with Gasteiger partial charge in [-0.2, -0.15) is 0 Å². The highest BCUT2D eigenvalue weighted by Crippen LogP contribution is 2.41. The van der Waals surface area contributed by atoms with E-state index in [1.54, 1.807) is 11.8 Å². The third kappa shape index (κ3) is 3.43. The number of hydrogen-bond donors (Lipinski definition) is 0. The Bertz CT molecular complexity index is 794. The molecule has 2 aromatic rings. The second-order valence-electron chi connectivity index (χ2n) is 7.11. The monoisotopic (exact) mass is 375 g/mol. The maximum atomic E-state index is 12.9. The van der Waals surface area contributed by atoms with E-state index in [-0.39, 0.29) is 11.2 Å². The van der Waals surface area contributed by atoms with Gasteiger partial charge in [-0.05, 0) is 51.5 Å². The number of nitrogens with zero attached hydrogens (tertiary/aromatic N) is 3. The molecule has 0 saturated carbocycles. The fourth-order valence-corrected chi connectivity index (χ4v) is 6.39. The molecule has 0 bridgehead atoms. The van der Waals surface area contributed by atoms with Crippen molar-refractivity contribution < 1.29 is 4.79 Å². The average molecular weight is 376 g/mol. The molecule has 3 heterocycles. The van der Waals surface area contributed by atoms with Crippen LogP contribution in [0.1, 0.15) is 55.3 Å². The van der Waals surface area contributed by atoms with Gasteiger partial charge in [0.2, 0.25) is 5.91 Å². The van der Waals surface area contributed by atoms with E-state index < -0.39 is 0 Å². The zero-order valence-corrected chi connectivity index (χ0v) is 16.6. The highest BCUT2D eigenvalue weighted by Gasteiger charge is 2.26. The van der Waals surface area contributed by atoms with Gasteiger partial charge in [0.1, 0.15) is 15.7 Å². The van der Waals surface area contributed by atoms with E-state index in [0.717, 1.165) is 48.0 Å². The molecule has 1 aliphatic heterocycles. The van der Waals surface area contributed by atoms with Gasteiger partial charge in [0, 0.05) is 23.4 Å². The lowest BCUT2D eigenvalue weighted by Crippen LogP contribution is -2.37. The number of thiophene rings is 1. The molecule has 0 N–H and O–H groups in total. The molecule has 4 nitrogen and oxygen atoms in total. The fraction of sp³-hybridized carbons (Fsp3) is 0.632. The van der Waals surface area contributed by atoms with Gasteiger partial charge in [0.15, 0.2) is 0 Å². The standard InChI is InChI=1S/C19H25N3OS2/c1-12(19(23)22-10-5-3-4-6-11-22)24-17-16-14-8-7-9-15(14)25-18(16)21-13(2)20-17/h12H,3-11H2,1-2H3/t12-/m0/s1. The number of thioether (sulfide) groups is 1. The lowest BCUT2D eigenvalue weighted by atomic mass is 10.2. The third-order valence-electron chi connectivity index (χ3n) is 5.20. The minimum atomic E-state index is -0.0902. The Morgan fingerprint density at radius 3 is 2.64 bits per heavy atom. The molecule has 1 atom stereocenters. The fourth-order valence-electron chi connectivity index (χ4n) is 3.92. The van der Waals surface area contributed by atoms with Gasteiger partial charge in [-0.1, -0.05) is 24.6 Å². The number of amides is 1. The van der Waals surface area contributed by atoms with Crippen LogP contribution in [0.15, 0.2) is 5.03 Å². The number of likely N-dealkylation sites (tertiary alicyclic amines) is 1. The normalized spacial score (nSPS) is 19.0. The molecular formula is C19H25N3OS2. The number of fused-ring (bicyclic) bond motifs is 3. The molecule has 0 unspecified atom stereocenters. The molecule has 2 aliphatic rings. The molecule has 0 spiro atoms. The summed E-state index contributed by atoms with van der Waals surface area (Å²) in [5.74, 6) is 1.08. The van der Waals surface area contributed by atoms with E-state index in [1.165, 1.54) is 41.5 Å². The summed E-state index contributed by atoms with van der Waals surface area (Å²) in [6.45, 7) is 5.81. The Morgan fingerprint density at radius 1 is 1.12 bits per heavy atom. The maximum Gasteiger partial charge on any atom is 0.235 e. The molecule has 0 aromatic carbocycles. The number of rotatable bonds is 3. The Morgan fingerprint density at radius 2 is 1.88 bits per heavy atom.